The van der Waals surface area contributed by atoms with Crippen LogP contribution in [0.4, 0.5) is 19.0 Å². The van der Waals surface area contributed by atoms with Gasteiger partial charge in [-0.3, -0.25) is 9.48 Å². The molecule has 24 heavy (non-hydrogen) atoms. The third-order valence-corrected chi connectivity index (χ3v) is 4.53. The summed E-state index contributed by atoms with van der Waals surface area (Å²) < 4.78 is 40.1. The second-order valence-electron chi connectivity index (χ2n) is 5.33. The summed E-state index contributed by atoms with van der Waals surface area (Å²) in [4.78, 5) is 20.5. The molecule has 0 aliphatic heterocycles. The number of hydrogen-bond acceptors (Lipinski definition) is 4. The molecule has 0 atom stereocenters. The lowest BCUT2D eigenvalue weighted by Gasteiger charge is -2.40. The Bertz CT molecular complexity index is 773. The Morgan fingerprint density at radius 3 is 2.50 bits per heavy atom. The van der Waals surface area contributed by atoms with Crippen LogP contribution in [0.25, 0.3) is 0 Å². The lowest BCUT2D eigenvalue weighted by molar-refractivity contribution is -0.143. The number of carbonyl (C=O) groups excluding carboxylic acids is 1. The van der Waals surface area contributed by atoms with E-state index >= 15 is 0 Å². The van der Waals surface area contributed by atoms with Crippen molar-refractivity contribution >= 4 is 39.3 Å². The summed E-state index contributed by atoms with van der Waals surface area (Å²) in [5.74, 6) is -0.304. The van der Waals surface area contributed by atoms with Crippen molar-refractivity contribution in [3.63, 3.8) is 0 Å². The molecular weight excluding hydrogens is 415 g/mol. The second kappa shape index (κ2) is 5.99. The van der Waals surface area contributed by atoms with Crippen molar-refractivity contribution in [1.82, 2.24) is 19.7 Å². The smallest absolute Gasteiger partial charge is 0.307 e. The van der Waals surface area contributed by atoms with Crippen molar-refractivity contribution in [2.45, 2.75) is 31.0 Å². The lowest BCUT2D eigenvalue weighted by atomic mass is 9.76. The van der Waals surface area contributed by atoms with E-state index in [1.807, 2.05) is 0 Å². The van der Waals surface area contributed by atoms with Gasteiger partial charge in [0.15, 0.2) is 11.5 Å². The molecule has 0 unspecified atom stereocenters. The zero-order valence-corrected chi connectivity index (χ0v) is 14.3. The minimum Gasteiger partial charge on any atom is -0.307 e. The number of hydrogen-bond donors (Lipinski definition) is 1. The van der Waals surface area contributed by atoms with Gasteiger partial charge in [-0.1, -0.05) is 11.6 Å². The molecule has 0 spiro atoms. The molecule has 2 heterocycles. The number of rotatable bonds is 3. The molecule has 1 fully saturated rings. The van der Waals surface area contributed by atoms with Gasteiger partial charge in [-0.2, -0.15) is 18.3 Å². The number of amides is 1. The third-order valence-electron chi connectivity index (χ3n) is 3.84. The average Bonchev–Trinajstić information content (AvgIpc) is 2.82. The van der Waals surface area contributed by atoms with E-state index in [2.05, 4.69) is 36.3 Å². The summed E-state index contributed by atoms with van der Waals surface area (Å²) in [6.45, 7) is 0. The molecule has 3 rings (SSSR count). The Kier molecular flexibility index (Phi) is 4.28. The van der Waals surface area contributed by atoms with Gasteiger partial charge in [-0.05, 0) is 35.2 Å². The number of aromatic nitrogens is 4. The predicted molar refractivity (Wildman–Crippen MR) is 82.4 cm³/mol. The molecule has 11 heteroatoms. The van der Waals surface area contributed by atoms with Crippen LogP contribution in [0.5, 0.6) is 0 Å². The highest BCUT2D eigenvalue weighted by Crippen LogP contribution is 2.42. The van der Waals surface area contributed by atoms with Crippen LogP contribution in [0.3, 0.4) is 0 Å². The van der Waals surface area contributed by atoms with E-state index in [9.17, 15) is 18.0 Å². The molecule has 1 amide bonds. The molecule has 1 aliphatic rings. The maximum atomic E-state index is 12.9. The summed E-state index contributed by atoms with van der Waals surface area (Å²) in [6, 6.07) is 0. The van der Waals surface area contributed by atoms with Crippen LogP contribution >= 0.6 is 27.5 Å². The van der Waals surface area contributed by atoms with E-state index in [1.165, 1.54) is 12.4 Å². The quantitative estimate of drug-likeness (QED) is 0.817. The van der Waals surface area contributed by atoms with Gasteiger partial charge in [0.1, 0.15) is 10.1 Å². The first-order chi connectivity index (χ1) is 11.2. The van der Waals surface area contributed by atoms with E-state index in [-0.39, 0.29) is 5.82 Å². The van der Waals surface area contributed by atoms with Crippen molar-refractivity contribution in [3.8, 4) is 0 Å². The number of nitrogens with zero attached hydrogens (tertiary/aromatic N) is 4. The molecular formula is C13H10BrClF3N5O. The van der Waals surface area contributed by atoms with Crippen molar-refractivity contribution in [2.75, 3.05) is 5.32 Å². The Balaban J connectivity index is 1.89. The Hall–Kier alpha value is -1.68. The van der Waals surface area contributed by atoms with Crippen LogP contribution in [0.15, 0.2) is 23.2 Å². The highest BCUT2D eigenvalue weighted by molar-refractivity contribution is 9.10. The number of halogens is 5. The molecule has 0 radical (unpaired) electrons. The fourth-order valence-electron chi connectivity index (χ4n) is 2.45. The molecule has 0 saturated heterocycles. The molecule has 1 saturated carbocycles. The molecule has 1 N–H and O–H groups in total. The Labute approximate surface area is 147 Å². The van der Waals surface area contributed by atoms with Crippen LogP contribution in [0, 0.1) is 0 Å². The number of nitrogens with one attached hydrogen (secondary N) is 1. The summed E-state index contributed by atoms with van der Waals surface area (Å²) in [7, 11) is 0. The molecule has 128 valence electrons. The van der Waals surface area contributed by atoms with E-state index in [0.717, 1.165) is 10.9 Å². The number of alkyl halides is 3. The fraction of sp³-hybridized carbons (Fsp3) is 0.385. The van der Waals surface area contributed by atoms with Crippen molar-refractivity contribution in [1.29, 1.82) is 0 Å². The summed E-state index contributed by atoms with van der Waals surface area (Å²) in [6.07, 6.45) is 0.507. The molecule has 1 aliphatic carbocycles. The first-order valence-electron chi connectivity index (χ1n) is 6.84. The normalized spacial score (nSPS) is 16.5. The lowest BCUT2D eigenvalue weighted by Crippen LogP contribution is -2.51. The van der Waals surface area contributed by atoms with Crippen LogP contribution in [-0.4, -0.2) is 25.7 Å². The summed E-state index contributed by atoms with van der Waals surface area (Å²) >= 11 is 8.76. The van der Waals surface area contributed by atoms with E-state index in [1.54, 1.807) is 0 Å². The number of anilines is 1. The van der Waals surface area contributed by atoms with Crippen LogP contribution in [0.2, 0.25) is 5.02 Å². The largest absolute Gasteiger partial charge is 0.436 e. The number of carbonyl (C=O) groups is 1. The van der Waals surface area contributed by atoms with Crippen LogP contribution in [-0.2, 0) is 16.5 Å². The molecule has 0 bridgehead atoms. The van der Waals surface area contributed by atoms with Gasteiger partial charge in [0, 0.05) is 6.20 Å². The topological polar surface area (TPSA) is 72.7 Å². The highest BCUT2D eigenvalue weighted by atomic mass is 79.9. The highest BCUT2D eigenvalue weighted by Gasteiger charge is 2.49. The van der Waals surface area contributed by atoms with Gasteiger partial charge in [0.25, 0.3) is 5.91 Å². The Morgan fingerprint density at radius 1 is 1.33 bits per heavy atom. The first kappa shape index (κ1) is 17.2. The molecule has 2 aromatic heterocycles. The first-order valence-corrected chi connectivity index (χ1v) is 8.01. The van der Waals surface area contributed by atoms with Crippen LogP contribution < -0.4 is 5.32 Å². The van der Waals surface area contributed by atoms with Gasteiger partial charge < -0.3 is 5.32 Å². The standard InChI is InChI=1S/C13H10BrClF3N5O/c14-8-4-20-9(5-19-8)21-11(24)12(2-1-3-12)23-6-7(15)10(22-23)13(16,17)18/h4-6H,1-3H2,(H,20,21,24). The van der Waals surface area contributed by atoms with Gasteiger partial charge >= 0.3 is 6.18 Å². The van der Waals surface area contributed by atoms with Crippen molar-refractivity contribution in [2.24, 2.45) is 0 Å². The average molecular weight is 425 g/mol. The van der Waals surface area contributed by atoms with E-state index in [0.29, 0.717) is 23.9 Å². The maximum absolute atomic E-state index is 12.9. The minimum absolute atomic E-state index is 0.198. The van der Waals surface area contributed by atoms with Crippen molar-refractivity contribution in [3.05, 3.63) is 33.9 Å². The molecule has 0 aromatic carbocycles. The predicted octanol–water partition coefficient (Wildman–Crippen LogP) is 3.63. The van der Waals surface area contributed by atoms with Gasteiger partial charge in [-0.25, -0.2) is 9.97 Å². The van der Waals surface area contributed by atoms with Crippen LogP contribution in [0.1, 0.15) is 25.0 Å². The van der Waals surface area contributed by atoms with E-state index in [4.69, 9.17) is 11.6 Å². The van der Waals surface area contributed by atoms with Crippen molar-refractivity contribution < 1.29 is 18.0 Å². The SMILES string of the molecule is O=C(Nc1cnc(Br)cn1)C1(n2cc(Cl)c(C(F)(F)F)n2)CCC1. The third kappa shape index (κ3) is 3.00. The minimum atomic E-state index is -4.68. The van der Waals surface area contributed by atoms with E-state index < -0.39 is 28.3 Å². The summed E-state index contributed by atoms with van der Waals surface area (Å²) in [5, 5.41) is 5.53. The zero-order valence-electron chi connectivity index (χ0n) is 11.9. The zero-order chi connectivity index (χ0) is 17.5. The monoisotopic (exact) mass is 423 g/mol. The maximum Gasteiger partial charge on any atom is 0.436 e. The molecule has 2 aromatic rings. The molecule has 6 nitrogen and oxygen atoms in total. The second-order valence-corrected chi connectivity index (χ2v) is 6.55. The van der Waals surface area contributed by atoms with Gasteiger partial charge in [0.2, 0.25) is 0 Å². The summed E-state index contributed by atoms with van der Waals surface area (Å²) in [5.41, 5.74) is -2.41. The van der Waals surface area contributed by atoms with Gasteiger partial charge in [0.05, 0.1) is 17.4 Å². The fourth-order valence-corrected chi connectivity index (χ4v) is 2.89. The Morgan fingerprint density at radius 2 is 2.04 bits per heavy atom. The van der Waals surface area contributed by atoms with Gasteiger partial charge in [-0.15, -0.1) is 0 Å².